The molecule has 53 heavy (non-hydrogen) atoms. The van der Waals surface area contributed by atoms with Crippen molar-refractivity contribution in [2.24, 2.45) is 5.92 Å². The topological polar surface area (TPSA) is 182 Å². The number of benzene rings is 2. The van der Waals surface area contributed by atoms with Crippen molar-refractivity contribution >= 4 is 47.3 Å². The molecule has 6 atom stereocenters. The van der Waals surface area contributed by atoms with Gasteiger partial charge in [-0.15, -0.1) is 0 Å². The maximum Gasteiger partial charge on any atom is 0.366 e. The predicted molar refractivity (Wildman–Crippen MR) is 180 cm³/mol. The summed E-state index contributed by atoms with van der Waals surface area (Å²) in [4.78, 5) is 77.9. The van der Waals surface area contributed by atoms with Crippen molar-refractivity contribution in [2.45, 2.75) is 95.7 Å². The molecule has 17 heteroatoms. The second kappa shape index (κ2) is 18.4. The summed E-state index contributed by atoms with van der Waals surface area (Å²) in [6.45, 7) is 1.85. The van der Waals surface area contributed by atoms with E-state index in [1.54, 1.807) is 0 Å². The first-order valence-corrected chi connectivity index (χ1v) is 17.2. The number of halogens is 3. The van der Waals surface area contributed by atoms with Gasteiger partial charge in [-0.1, -0.05) is 30.2 Å². The highest BCUT2D eigenvalue weighted by atomic mass is 35.5. The number of methoxy groups -OCH3 is 1. The first-order chi connectivity index (χ1) is 25.1. The van der Waals surface area contributed by atoms with E-state index in [1.165, 1.54) is 36.4 Å². The second-order valence-electron chi connectivity index (χ2n) is 12.7. The Labute approximate surface area is 309 Å². The summed E-state index contributed by atoms with van der Waals surface area (Å²) in [6.07, 6.45) is -4.59. The molecule has 2 aliphatic rings. The minimum Gasteiger partial charge on any atom is -0.465 e. The van der Waals surface area contributed by atoms with E-state index in [4.69, 9.17) is 40.0 Å². The van der Waals surface area contributed by atoms with E-state index in [0.717, 1.165) is 53.2 Å². The molecular formula is C36H41ClF2N2O12. The number of amides is 2. The van der Waals surface area contributed by atoms with Crippen LogP contribution in [0.15, 0.2) is 42.5 Å². The Balaban J connectivity index is 1.81. The maximum absolute atomic E-state index is 14.7. The van der Waals surface area contributed by atoms with Crippen molar-refractivity contribution < 1.29 is 66.0 Å². The number of carbonyl (C=O) groups excluding carboxylic acids is 6. The van der Waals surface area contributed by atoms with Crippen molar-refractivity contribution in [3.8, 4) is 0 Å². The fraction of sp³-hybridized carbons (Fsp3) is 0.500. The Morgan fingerprint density at radius 3 is 2.23 bits per heavy atom. The van der Waals surface area contributed by atoms with E-state index in [2.05, 4.69) is 10.6 Å². The molecule has 2 aromatic carbocycles. The van der Waals surface area contributed by atoms with Crippen LogP contribution in [0.4, 0.5) is 8.78 Å². The minimum absolute atomic E-state index is 0.0740. The van der Waals surface area contributed by atoms with Crippen LogP contribution in [0.5, 0.6) is 0 Å². The van der Waals surface area contributed by atoms with Crippen LogP contribution in [0.2, 0.25) is 5.02 Å². The molecular weight excluding hydrogens is 726 g/mol. The molecule has 0 spiro atoms. The lowest BCUT2D eigenvalue weighted by atomic mass is 9.82. The first-order valence-electron chi connectivity index (χ1n) is 16.8. The minimum atomic E-state index is -2.58. The predicted octanol–water partition coefficient (Wildman–Crippen LogP) is 3.69. The van der Waals surface area contributed by atoms with Gasteiger partial charge in [0.15, 0.2) is 23.8 Å². The number of hydrogen-bond acceptors (Lipinski definition) is 12. The Bertz CT molecular complexity index is 1670. The normalized spacial score (nSPS) is 22.3. The molecule has 0 aromatic heterocycles. The Kier molecular flexibility index (Phi) is 14.3. The second-order valence-corrected chi connectivity index (χ2v) is 13.2. The molecule has 2 N–H and O–H groups in total. The largest absolute Gasteiger partial charge is 0.465 e. The standard InChI is InChI=1S/C36H41ClF2N2O12/c1-19(42)50-27-16-36(35(47)48-4,49-18-24-9-6-10-26(38)30(24)39)53-33(31(27)41-29(45)15-22-7-5-8-22)32(52-21(3)44)28(51-20(2)43)17-40-34(46)23-11-13-25(37)14-12-23/h6,9-14,22,27-28,31-33H,5,7-8,15-18H2,1-4H3,(H,40,46)(H,41,45)/t27-,28+,31+,32+,33+,36+/m0/s1. The van der Waals surface area contributed by atoms with Crippen molar-refractivity contribution in [3.05, 3.63) is 70.2 Å². The van der Waals surface area contributed by atoms with E-state index in [9.17, 15) is 37.5 Å². The van der Waals surface area contributed by atoms with Gasteiger partial charge in [-0.3, -0.25) is 24.0 Å². The molecule has 2 fully saturated rings. The average Bonchev–Trinajstić information content (AvgIpc) is 3.08. The zero-order valence-corrected chi connectivity index (χ0v) is 30.2. The zero-order valence-electron chi connectivity index (χ0n) is 29.5. The van der Waals surface area contributed by atoms with Crippen molar-refractivity contribution in [1.29, 1.82) is 0 Å². The summed E-state index contributed by atoms with van der Waals surface area (Å²) in [5.74, 6) is -10.0. The molecule has 1 aliphatic carbocycles. The van der Waals surface area contributed by atoms with E-state index in [-0.39, 0.29) is 23.5 Å². The number of nitrogens with one attached hydrogen (secondary N) is 2. The molecule has 1 saturated carbocycles. The van der Waals surface area contributed by atoms with Gasteiger partial charge in [-0.25, -0.2) is 13.6 Å². The molecule has 4 rings (SSSR count). The van der Waals surface area contributed by atoms with Gasteiger partial charge in [0.05, 0.1) is 32.7 Å². The molecule has 0 unspecified atom stereocenters. The number of carbonyl (C=O) groups is 6. The number of esters is 4. The van der Waals surface area contributed by atoms with E-state index in [1.807, 2.05) is 0 Å². The van der Waals surface area contributed by atoms with Crippen LogP contribution < -0.4 is 10.6 Å². The molecule has 2 aromatic rings. The molecule has 0 bridgehead atoms. The monoisotopic (exact) mass is 766 g/mol. The van der Waals surface area contributed by atoms with Crippen molar-refractivity contribution in [2.75, 3.05) is 13.7 Å². The molecule has 1 heterocycles. The van der Waals surface area contributed by atoms with E-state index < -0.39 is 103 Å². The van der Waals surface area contributed by atoms with Gasteiger partial charge in [0, 0.05) is 43.3 Å². The SMILES string of the molecule is COC(=O)[C@@]1(OCc2cccc(F)c2F)C[C@H](OC(C)=O)[C@@H](NC(=O)CC2CCC2)[C@H]([C@H](OC(C)=O)[C@@H](CNC(=O)c2ccc(Cl)cc2)OC(C)=O)O1. The van der Waals surface area contributed by atoms with Crippen LogP contribution in [0.25, 0.3) is 0 Å². The summed E-state index contributed by atoms with van der Waals surface area (Å²) in [5, 5.41) is 5.74. The van der Waals surface area contributed by atoms with Gasteiger partial charge >= 0.3 is 23.9 Å². The van der Waals surface area contributed by atoms with Crippen LogP contribution >= 0.6 is 11.6 Å². The molecule has 1 saturated heterocycles. The van der Waals surface area contributed by atoms with Gasteiger partial charge < -0.3 is 39.1 Å². The van der Waals surface area contributed by atoms with Gasteiger partial charge in [0.1, 0.15) is 12.2 Å². The van der Waals surface area contributed by atoms with Gasteiger partial charge in [-0.05, 0) is 49.1 Å². The van der Waals surface area contributed by atoms with Crippen LogP contribution in [-0.2, 0) is 59.0 Å². The fourth-order valence-electron chi connectivity index (χ4n) is 6.10. The summed E-state index contributed by atoms with van der Waals surface area (Å²) < 4.78 is 62.9. The maximum atomic E-state index is 14.7. The highest BCUT2D eigenvalue weighted by molar-refractivity contribution is 6.30. The number of rotatable bonds is 15. The third-order valence-corrected chi connectivity index (χ3v) is 9.02. The van der Waals surface area contributed by atoms with Gasteiger partial charge in [0.2, 0.25) is 5.91 Å². The van der Waals surface area contributed by atoms with Gasteiger partial charge in [-0.2, -0.15) is 0 Å². The van der Waals surface area contributed by atoms with Crippen molar-refractivity contribution in [1.82, 2.24) is 10.6 Å². The van der Waals surface area contributed by atoms with Crippen LogP contribution in [0, 0.1) is 17.6 Å². The quantitative estimate of drug-likeness (QED) is 0.199. The lowest BCUT2D eigenvalue weighted by Crippen LogP contribution is -2.69. The third kappa shape index (κ3) is 10.9. The van der Waals surface area contributed by atoms with E-state index >= 15 is 0 Å². The van der Waals surface area contributed by atoms with Gasteiger partial charge in [0.25, 0.3) is 11.7 Å². The van der Waals surface area contributed by atoms with Crippen molar-refractivity contribution in [3.63, 3.8) is 0 Å². The summed E-state index contributed by atoms with van der Waals surface area (Å²) in [7, 11) is 0.986. The first kappa shape index (κ1) is 41.1. The molecule has 14 nitrogen and oxygen atoms in total. The zero-order chi connectivity index (χ0) is 38.9. The molecule has 0 radical (unpaired) electrons. The van der Waals surface area contributed by atoms with Crippen LogP contribution in [-0.4, -0.2) is 85.6 Å². The van der Waals surface area contributed by atoms with Crippen LogP contribution in [0.1, 0.15) is 68.8 Å². The van der Waals surface area contributed by atoms with Crippen LogP contribution in [0.3, 0.4) is 0 Å². The Morgan fingerprint density at radius 1 is 0.962 bits per heavy atom. The molecule has 1 aliphatic heterocycles. The highest BCUT2D eigenvalue weighted by Crippen LogP contribution is 2.38. The third-order valence-electron chi connectivity index (χ3n) is 8.76. The summed E-state index contributed by atoms with van der Waals surface area (Å²) >= 11 is 5.95. The molecule has 288 valence electrons. The Hall–Kier alpha value is -4.67. The number of hydrogen-bond donors (Lipinski definition) is 2. The summed E-state index contributed by atoms with van der Waals surface area (Å²) in [6, 6.07) is 7.70. The molecule has 2 amide bonds. The lowest BCUT2D eigenvalue weighted by molar-refractivity contribution is -0.317. The highest BCUT2D eigenvalue weighted by Gasteiger charge is 2.59. The smallest absolute Gasteiger partial charge is 0.366 e. The number of ether oxygens (including phenoxy) is 6. The summed E-state index contributed by atoms with van der Waals surface area (Å²) in [5.41, 5.74) is -0.153. The van der Waals surface area contributed by atoms with E-state index in [0.29, 0.717) is 5.02 Å². The lowest BCUT2D eigenvalue weighted by Gasteiger charge is -2.48. The Morgan fingerprint density at radius 2 is 1.64 bits per heavy atom. The average molecular weight is 767 g/mol. The fourth-order valence-corrected chi connectivity index (χ4v) is 6.22.